The minimum atomic E-state index is -4.40. The van der Waals surface area contributed by atoms with Crippen molar-refractivity contribution in [3.8, 4) is 5.75 Å². The molecule has 0 atom stereocenters. The van der Waals surface area contributed by atoms with Gasteiger partial charge in [0.15, 0.2) is 0 Å². The predicted molar refractivity (Wildman–Crippen MR) is 105 cm³/mol. The third kappa shape index (κ3) is 6.37. The Balaban J connectivity index is 1.39. The monoisotopic (exact) mass is 426 g/mol. The van der Waals surface area contributed by atoms with Gasteiger partial charge in [-0.05, 0) is 61.4 Å². The zero-order chi connectivity index (χ0) is 20.9. The van der Waals surface area contributed by atoms with Gasteiger partial charge in [0.1, 0.15) is 12.4 Å². The average molecular weight is 427 g/mol. The van der Waals surface area contributed by atoms with Crippen LogP contribution in [0.3, 0.4) is 0 Å². The Bertz CT molecular complexity index is 802. The summed E-state index contributed by atoms with van der Waals surface area (Å²) in [6.45, 7) is 2.98. The highest BCUT2D eigenvalue weighted by atomic mass is 35.5. The van der Waals surface area contributed by atoms with Crippen LogP contribution in [0.5, 0.6) is 5.75 Å². The number of nitrogens with one attached hydrogen (secondary N) is 1. The standard InChI is InChI=1S/C21H22ClF3N2O2/c22-17-5-7-19(8-6-17)29-14-13-27-11-9-18(10-12-27)26-20(28)15-1-3-16(4-2-15)21(23,24)25/h1-8,18H,9-14H2,(H,26,28). The van der Waals surface area contributed by atoms with Crippen LogP contribution in [0.2, 0.25) is 5.02 Å². The fraction of sp³-hybridized carbons (Fsp3) is 0.381. The zero-order valence-corrected chi connectivity index (χ0v) is 16.5. The highest BCUT2D eigenvalue weighted by molar-refractivity contribution is 6.30. The summed E-state index contributed by atoms with van der Waals surface area (Å²) < 4.78 is 43.5. The minimum Gasteiger partial charge on any atom is -0.492 e. The lowest BCUT2D eigenvalue weighted by molar-refractivity contribution is -0.137. The summed E-state index contributed by atoms with van der Waals surface area (Å²) in [6, 6.07) is 11.5. The van der Waals surface area contributed by atoms with Gasteiger partial charge in [0.25, 0.3) is 5.91 Å². The first-order valence-corrected chi connectivity index (χ1v) is 9.78. The van der Waals surface area contributed by atoms with Crippen molar-refractivity contribution < 1.29 is 22.7 Å². The molecule has 0 aliphatic carbocycles. The van der Waals surface area contributed by atoms with Crippen molar-refractivity contribution in [3.05, 3.63) is 64.7 Å². The van der Waals surface area contributed by atoms with Crippen LogP contribution in [0.15, 0.2) is 48.5 Å². The SMILES string of the molecule is O=C(NC1CCN(CCOc2ccc(Cl)cc2)CC1)c1ccc(C(F)(F)F)cc1. The van der Waals surface area contributed by atoms with Crippen LogP contribution >= 0.6 is 11.6 Å². The Labute approximate surface area is 172 Å². The van der Waals surface area contributed by atoms with E-state index < -0.39 is 11.7 Å². The van der Waals surface area contributed by atoms with E-state index in [1.165, 1.54) is 12.1 Å². The largest absolute Gasteiger partial charge is 0.492 e. The van der Waals surface area contributed by atoms with E-state index in [9.17, 15) is 18.0 Å². The highest BCUT2D eigenvalue weighted by Crippen LogP contribution is 2.29. The molecule has 1 heterocycles. The number of carbonyl (C=O) groups is 1. The van der Waals surface area contributed by atoms with Crippen LogP contribution < -0.4 is 10.1 Å². The third-order valence-corrected chi connectivity index (χ3v) is 5.14. The number of amides is 1. The molecule has 0 saturated carbocycles. The summed E-state index contributed by atoms with van der Waals surface area (Å²) in [7, 11) is 0. The van der Waals surface area contributed by atoms with Crippen LogP contribution in [0.25, 0.3) is 0 Å². The van der Waals surface area contributed by atoms with Crippen molar-refractivity contribution >= 4 is 17.5 Å². The number of hydrogen-bond acceptors (Lipinski definition) is 3. The van der Waals surface area contributed by atoms with Crippen molar-refractivity contribution in [2.45, 2.75) is 25.1 Å². The van der Waals surface area contributed by atoms with Gasteiger partial charge in [-0.1, -0.05) is 11.6 Å². The lowest BCUT2D eigenvalue weighted by atomic mass is 10.0. The number of piperidine rings is 1. The molecule has 1 aliphatic rings. The topological polar surface area (TPSA) is 41.6 Å². The van der Waals surface area contributed by atoms with E-state index in [0.29, 0.717) is 11.6 Å². The summed E-state index contributed by atoms with van der Waals surface area (Å²) in [6.07, 6.45) is -2.83. The van der Waals surface area contributed by atoms with Crippen LogP contribution in [0, 0.1) is 0 Å². The molecule has 2 aromatic carbocycles. The first kappa shape index (κ1) is 21.5. The second-order valence-corrected chi connectivity index (χ2v) is 7.40. The van der Waals surface area contributed by atoms with Crippen LogP contribution in [0.4, 0.5) is 13.2 Å². The fourth-order valence-electron chi connectivity index (χ4n) is 3.20. The first-order chi connectivity index (χ1) is 13.8. The minimum absolute atomic E-state index is 0.0122. The Hall–Kier alpha value is -2.25. The normalized spacial score (nSPS) is 15.9. The number of nitrogens with zero attached hydrogens (tertiary/aromatic N) is 1. The number of carbonyl (C=O) groups excluding carboxylic acids is 1. The van der Waals surface area contributed by atoms with E-state index in [-0.39, 0.29) is 17.5 Å². The molecular weight excluding hydrogens is 405 g/mol. The molecule has 29 heavy (non-hydrogen) atoms. The Morgan fingerprint density at radius 2 is 1.69 bits per heavy atom. The number of hydrogen-bond donors (Lipinski definition) is 1. The molecule has 156 valence electrons. The van der Waals surface area contributed by atoms with E-state index in [1.807, 2.05) is 12.1 Å². The van der Waals surface area contributed by atoms with Gasteiger partial charge in [-0.2, -0.15) is 13.2 Å². The Kier molecular flexibility index (Phi) is 7.03. The van der Waals surface area contributed by atoms with Crippen molar-refractivity contribution in [2.75, 3.05) is 26.2 Å². The number of likely N-dealkylation sites (tertiary alicyclic amines) is 1. The Morgan fingerprint density at radius 1 is 1.07 bits per heavy atom. The maximum Gasteiger partial charge on any atom is 0.416 e. The molecule has 0 spiro atoms. The van der Waals surface area contributed by atoms with E-state index in [0.717, 1.165) is 50.4 Å². The van der Waals surface area contributed by atoms with E-state index >= 15 is 0 Å². The predicted octanol–water partition coefficient (Wildman–Crippen LogP) is 4.63. The van der Waals surface area contributed by atoms with Gasteiger partial charge in [0.05, 0.1) is 5.56 Å². The molecule has 4 nitrogen and oxygen atoms in total. The number of benzene rings is 2. The van der Waals surface area contributed by atoms with E-state index in [1.54, 1.807) is 12.1 Å². The van der Waals surface area contributed by atoms with Gasteiger partial charge >= 0.3 is 6.18 Å². The van der Waals surface area contributed by atoms with Gasteiger partial charge in [0.2, 0.25) is 0 Å². The van der Waals surface area contributed by atoms with Gasteiger partial charge in [-0.25, -0.2) is 0 Å². The average Bonchev–Trinajstić information content (AvgIpc) is 2.70. The molecular formula is C21H22ClF3N2O2. The number of halogens is 4. The van der Waals surface area contributed by atoms with Crippen molar-refractivity contribution in [1.82, 2.24) is 10.2 Å². The van der Waals surface area contributed by atoms with Crippen molar-refractivity contribution in [3.63, 3.8) is 0 Å². The van der Waals surface area contributed by atoms with Gasteiger partial charge in [0, 0.05) is 36.3 Å². The lowest BCUT2D eigenvalue weighted by Gasteiger charge is -2.32. The smallest absolute Gasteiger partial charge is 0.416 e. The third-order valence-electron chi connectivity index (χ3n) is 4.89. The molecule has 0 bridgehead atoms. The molecule has 1 amide bonds. The summed E-state index contributed by atoms with van der Waals surface area (Å²) in [5.41, 5.74) is -0.528. The maximum absolute atomic E-state index is 12.6. The molecule has 1 aliphatic heterocycles. The van der Waals surface area contributed by atoms with Crippen LogP contribution in [-0.4, -0.2) is 43.1 Å². The maximum atomic E-state index is 12.6. The molecule has 0 aromatic heterocycles. The highest BCUT2D eigenvalue weighted by Gasteiger charge is 2.30. The number of ether oxygens (including phenoxy) is 1. The molecule has 3 rings (SSSR count). The summed E-state index contributed by atoms with van der Waals surface area (Å²) in [5.74, 6) is 0.427. The van der Waals surface area contributed by atoms with Crippen LogP contribution in [0.1, 0.15) is 28.8 Å². The van der Waals surface area contributed by atoms with Crippen molar-refractivity contribution in [2.24, 2.45) is 0 Å². The summed E-state index contributed by atoms with van der Waals surface area (Å²) in [5, 5.41) is 3.58. The van der Waals surface area contributed by atoms with Gasteiger partial charge < -0.3 is 10.1 Å². The molecule has 1 saturated heterocycles. The summed E-state index contributed by atoms with van der Waals surface area (Å²) in [4.78, 5) is 14.5. The van der Waals surface area contributed by atoms with E-state index in [2.05, 4.69) is 10.2 Å². The molecule has 8 heteroatoms. The van der Waals surface area contributed by atoms with Gasteiger partial charge in [-0.3, -0.25) is 9.69 Å². The lowest BCUT2D eigenvalue weighted by Crippen LogP contribution is -2.45. The fourth-order valence-corrected chi connectivity index (χ4v) is 3.33. The molecule has 1 fully saturated rings. The number of rotatable bonds is 6. The Morgan fingerprint density at radius 3 is 2.28 bits per heavy atom. The van der Waals surface area contributed by atoms with Crippen molar-refractivity contribution in [1.29, 1.82) is 0 Å². The molecule has 0 radical (unpaired) electrons. The summed E-state index contributed by atoms with van der Waals surface area (Å²) >= 11 is 5.84. The zero-order valence-electron chi connectivity index (χ0n) is 15.7. The molecule has 0 unspecified atom stereocenters. The molecule has 1 N–H and O–H groups in total. The van der Waals surface area contributed by atoms with Gasteiger partial charge in [-0.15, -0.1) is 0 Å². The van der Waals surface area contributed by atoms with E-state index in [4.69, 9.17) is 16.3 Å². The number of alkyl halides is 3. The van der Waals surface area contributed by atoms with Crippen LogP contribution in [-0.2, 0) is 6.18 Å². The quantitative estimate of drug-likeness (QED) is 0.732. The molecule has 2 aromatic rings. The second-order valence-electron chi connectivity index (χ2n) is 6.97. The first-order valence-electron chi connectivity index (χ1n) is 9.40. The second kappa shape index (κ2) is 9.50.